The van der Waals surface area contributed by atoms with Crippen molar-refractivity contribution in [1.82, 2.24) is 9.80 Å². The van der Waals surface area contributed by atoms with Crippen LogP contribution < -0.4 is 0 Å². The van der Waals surface area contributed by atoms with E-state index >= 15 is 0 Å². The molecule has 2 fully saturated rings. The van der Waals surface area contributed by atoms with Gasteiger partial charge in [-0.3, -0.25) is 4.79 Å². The molecule has 2 heterocycles. The first-order valence-corrected chi connectivity index (χ1v) is 8.17. The van der Waals surface area contributed by atoms with Crippen LogP contribution in [0.4, 0.5) is 0 Å². The Balaban J connectivity index is 1.77. The maximum atomic E-state index is 12.5. The molecule has 1 amide bonds. The summed E-state index contributed by atoms with van der Waals surface area (Å²) in [5.41, 5.74) is 0. The molecule has 0 N–H and O–H groups in total. The maximum Gasteiger partial charge on any atom is 0.251 e. The molecular formula is C16H30N2O3. The van der Waals surface area contributed by atoms with Gasteiger partial charge in [0.2, 0.25) is 0 Å². The quantitative estimate of drug-likeness (QED) is 0.769. The lowest BCUT2D eigenvalue weighted by Crippen LogP contribution is -2.41. The number of carbonyl (C=O) groups excluding carboxylic acids is 1. The molecule has 5 nitrogen and oxygen atoms in total. The van der Waals surface area contributed by atoms with Crippen molar-refractivity contribution >= 4 is 5.91 Å². The highest BCUT2D eigenvalue weighted by Crippen LogP contribution is 2.21. The highest BCUT2D eigenvalue weighted by molar-refractivity contribution is 5.80. The van der Waals surface area contributed by atoms with Gasteiger partial charge >= 0.3 is 0 Å². The molecule has 4 unspecified atom stereocenters. The van der Waals surface area contributed by atoms with Crippen LogP contribution in [-0.4, -0.2) is 74.4 Å². The molecule has 0 aromatic rings. The van der Waals surface area contributed by atoms with Crippen LogP contribution in [-0.2, 0) is 14.3 Å². The van der Waals surface area contributed by atoms with E-state index in [0.29, 0.717) is 18.6 Å². The molecule has 0 aromatic heterocycles. The average Bonchev–Trinajstić information content (AvgIpc) is 2.87. The first kappa shape index (κ1) is 16.7. The number of ether oxygens (including phenoxy) is 2. The van der Waals surface area contributed by atoms with Crippen LogP contribution in [0.3, 0.4) is 0 Å². The summed E-state index contributed by atoms with van der Waals surface area (Å²) in [4.78, 5) is 16.6. The summed E-state index contributed by atoms with van der Waals surface area (Å²) >= 11 is 0. The van der Waals surface area contributed by atoms with Gasteiger partial charge in [-0.05, 0) is 46.2 Å². The Morgan fingerprint density at radius 3 is 2.71 bits per heavy atom. The Morgan fingerprint density at radius 2 is 2.14 bits per heavy atom. The van der Waals surface area contributed by atoms with E-state index in [1.807, 2.05) is 11.8 Å². The maximum absolute atomic E-state index is 12.5. The van der Waals surface area contributed by atoms with E-state index in [9.17, 15) is 4.79 Å². The molecule has 0 bridgehead atoms. The summed E-state index contributed by atoms with van der Waals surface area (Å²) in [7, 11) is 4.16. The van der Waals surface area contributed by atoms with Gasteiger partial charge in [0.1, 0.15) is 6.10 Å². The van der Waals surface area contributed by atoms with Gasteiger partial charge in [0.05, 0.1) is 12.7 Å². The van der Waals surface area contributed by atoms with Crippen LogP contribution in [0.5, 0.6) is 0 Å². The number of amides is 1. The smallest absolute Gasteiger partial charge is 0.251 e. The van der Waals surface area contributed by atoms with E-state index in [2.05, 4.69) is 25.9 Å². The first-order chi connectivity index (χ1) is 9.99. The number of likely N-dealkylation sites (tertiary alicyclic amines) is 1. The van der Waals surface area contributed by atoms with Gasteiger partial charge < -0.3 is 19.3 Å². The summed E-state index contributed by atoms with van der Waals surface area (Å²) in [5.74, 6) is 0.625. The summed E-state index contributed by atoms with van der Waals surface area (Å²) in [6, 6.07) is 0.447. The molecule has 2 rings (SSSR count). The van der Waals surface area contributed by atoms with Crippen LogP contribution in [0.1, 0.15) is 33.1 Å². The Bertz CT molecular complexity index is 342. The van der Waals surface area contributed by atoms with Crippen molar-refractivity contribution in [3.05, 3.63) is 0 Å². The number of likely N-dealkylation sites (N-methyl/N-ethyl adjacent to an activating group) is 1. The minimum Gasteiger partial charge on any atom is -0.376 e. The first-order valence-electron chi connectivity index (χ1n) is 8.17. The van der Waals surface area contributed by atoms with E-state index in [0.717, 1.165) is 32.5 Å². The van der Waals surface area contributed by atoms with Gasteiger partial charge in [0.15, 0.2) is 0 Å². The minimum absolute atomic E-state index is 0.113. The largest absolute Gasteiger partial charge is 0.376 e. The predicted molar refractivity (Wildman–Crippen MR) is 82.2 cm³/mol. The van der Waals surface area contributed by atoms with Gasteiger partial charge in [-0.2, -0.15) is 0 Å². The van der Waals surface area contributed by atoms with Crippen LogP contribution >= 0.6 is 0 Å². The molecule has 0 radical (unpaired) electrons. The molecule has 2 aliphatic heterocycles. The van der Waals surface area contributed by atoms with Crippen LogP contribution in [0.2, 0.25) is 0 Å². The topological polar surface area (TPSA) is 42.0 Å². The monoisotopic (exact) mass is 298 g/mol. The number of nitrogens with zero attached hydrogens (tertiary/aromatic N) is 2. The number of hydrogen-bond donors (Lipinski definition) is 0. The van der Waals surface area contributed by atoms with Crippen LogP contribution in [0.25, 0.3) is 0 Å². The molecule has 2 saturated heterocycles. The normalized spacial score (nSPS) is 31.7. The third-order valence-electron chi connectivity index (χ3n) is 4.70. The van der Waals surface area contributed by atoms with Crippen LogP contribution in [0, 0.1) is 5.92 Å². The molecule has 4 atom stereocenters. The van der Waals surface area contributed by atoms with Crippen molar-refractivity contribution in [3.8, 4) is 0 Å². The third kappa shape index (κ3) is 4.41. The lowest BCUT2D eigenvalue weighted by molar-refractivity contribution is -0.145. The standard InChI is InChI=1S/C16H30N2O3/c1-12-9-18(10-15(12)17(3)4)16(19)13(2)21-11-14-7-5-6-8-20-14/h12-15H,5-11H2,1-4H3. The van der Waals surface area contributed by atoms with E-state index in [4.69, 9.17) is 9.47 Å². The van der Waals surface area contributed by atoms with Crippen molar-refractivity contribution in [2.45, 2.75) is 51.4 Å². The molecule has 2 aliphatic rings. The third-order valence-corrected chi connectivity index (χ3v) is 4.70. The summed E-state index contributed by atoms with van der Waals surface area (Å²) < 4.78 is 11.4. The fourth-order valence-corrected chi connectivity index (χ4v) is 3.32. The van der Waals surface area contributed by atoms with E-state index in [1.54, 1.807) is 0 Å². The molecule has 0 aromatic carbocycles. The predicted octanol–water partition coefficient (Wildman–Crippen LogP) is 1.37. The fraction of sp³-hybridized carbons (Fsp3) is 0.938. The zero-order chi connectivity index (χ0) is 15.4. The molecular weight excluding hydrogens is 268 g/mol. The minimum atomic E-state index is -0.372. The molecule has 5 heteroatoms. The number of hydrogen-bond acceptors (Lipinski definition) is 4. The zero-order valence-electron chi connectivity index (χ0n) is 13.9. The number of rotatable bonds is 5. The van der Waals surface area contributed by atoms with Crippen molar-refractivity contribution in [3.63, 3.8) is 0 Å². The summed E-state index contributed by atoms with van der Waals surface area (Å²) in [6.07, 6.45) is 3.18. The van der Waals surface area contributed by atoms with Gasteiger partial charge in [0.25, 0.3) is 5.91 Å². The average molecular weight is 298 g/mol. The van der Waals surface area contributed by atoms with Gasteiger partial charge in [-0.25, -0.2) is 0 Å². The summed E-state index contributed by atoms with van der Waals surface area (Å²) in [5, 5.41) is 0. The summed E-state index contributed by atoms with van der Waals surface area (Å²) in [6.45, 7) is 7.06. The molecule has 0 spiro atoms. The Kier molecular flexibility index (Phi) is 6.02. The zero-order valence-corrected chi connectivity index (χ0v) is 13.9. The second-order valence-electron chi connectivity index (χ2n) is 6.72. The molecule has 21 heavy (non-hydrogen) atoms. The van der Waals surface area contributed by atoms with Crippen molar-refractivity contribution in [2.24, 2.45) is 5.92 Å². The van der Waals surface area contributed by atoms with Gasteiger partial charge in [-0.1, -0.05) is 6.92 Å². The van der Waals surface area contributed by atoms with Gasteiger partial charge in [0, 0.05) is 25.7 Å². The van der Waals surface area contributed by atoms with E-state index < -0.39 is 0 Å². The fourth-order valence-electron chi connectivity index (χ4n) is 3.32. The SMILES string of the molecule is CC(OCC1CCCCO1)C(=O)N1CC(C)C(N(C)C)C1. The van der Waals surface area contributed by atoms with Crippen molar-refractivity contribution in [2.75, 3.05) is 40.4 Å². The molecule has 122 valence electrons. The molecule has 0 saturated carbocycles. The Morgan fingerprint density at radius 1 is 1.38 bits per heavy atom. The number of carbonyl (C=O) groups is 1. The second-order valence-corrected chi connectivity index (χ2v) is 6.72. The highest BCUT2D eigenvalue weighted by atomic mass is 16.5. The Labute approximate surface area is 128 Å². The van der Waals surface area contributed by atoms with E-state index in [-0.39, 0.29) is 18.1 Å². The molecule has 0 aliphatic carbocycles. The van der Waals surface area contributed by atoms with Crippen LogP contribution in [0.15, 0.2) is 0 Å². The second kappa shape index (κ2) is 7.56. The van der Waals surface area contributed by atoms with Gasteiger partial charge in [-0.15, -0.1) is 0 Å². The van der Waals surface area contributed by atoms with E-state index in [1.165, 1.54) is 6.42 Å². The lowest BCUT2D eigenvalue weighted by Gasteiger charge is -2.26. The highest BCUT2D eigenvalue weighted by Gasteiger charge is 2.35. The Hall–Kier alpha value is -0.650. The van der Waals surface area contributed by atoms with Crippen molar-refractivity contribution < 1.29 is 14.3 Å². The van der Waals surface area contributed by atoms with Crippen molar-refractivity contribution in [1.29, 1.82) is 0 Å². The lowest BCUT2D eigenvalue weighted by atomic mass is 10.1.